The number of benzene rings is 1. The van der Waals surface area contributed by atoms with Crippen molar-refractivity contribution in [3.05, 3.63) is 24.0 Å². The van der Waals surface area contributed by atoms with Crippen LogP contribution in [-0.4, -0.2) is 19.2 Å². The first-order valence-corrected chi connectivity index (χ1v) is 5.60. The van der Waals surface area contributed by atoms with E-state index in [1.54, 1.807) is 0 Å². The smallest absolute Gasteiger partial charge is 0.319 e. The summed E-state index contributed by atoms with van der Waals surface area (Å²) in [5.41, 5.74) is 0.514. The fourth-order valence-electron chi connectivity index (χ4n) is 1.64. The van der Waals surface area contributed by atoms with Crippen molar-refractivity contribution < 1.29 is 13.9 Å². The van der Waals surface area contributed by atoms with Crippen LogP contribution in [0.4, 0.5) is 14.9 Å². The third-order valence-electron chi connectivity index (χ3n) is 2.85. The molecule has 0 aromatic heterocycles. The molecule has 2 rings (SSSR count). The lowest BCUT2D eigenvalue weighted by molar-refractivity contribution is 0.240. The first-order chi connectivity index (χ1) is 8.19. The van der Waals surface area contributed by atoms with E-state index in [4.69, 9.17) is 4.74 Å². The fraction of sp³-hybridized carbons (Fsp3) is 0.417. The van der Waals surface area contributed by atoms with E-state index in [-0.39, 0.29) is 17.8 Å². The van der Waals surface area contributed by atoms with Crippen LogP contribution in [-0.2, 0) is 0 Å². The van der Waals surface area contributed by atoms with Gasteiger partial charge in [-0.3, -0.25) is 0 Å². The molecule has 17 heavy (non-hydrogen) atoms. The molecule has 0 saturated heterocycles. The van der Waals surface area contributed by atoms with Gasteiger partial charge in [-0.15, -0.1) is 0 Å². The summed E-state index contributed by atoms with van der Waals surface area (Å²) in [4.78, 5) is 11.5. The zero-order chi connectivity index (χ0) is 12.3. The number of urea groups is 1. The van der Waals surface area contributed by atoms with E-state index in [0.29, 0.717) is 5.69 Å². The first kappa shape index (κ1) is 11.7. The lowest BCUT2D eigenvalue weighted by atomic mass is 9.93. The largest absolute Gasteiger partial charge is 0.494 e. The number of hydrogen-bond acceptors (Lipinski definition) is 2. The number of carbonyl (C=O) groups excluding carboxylic acids is 1. The maximum atomic E-state index is 13.1. The van der Waals surface area contributed by atoms with Crippen molar-refractivity contribution in [2.24, 2.45) is 0 Å². The molecule has 0 bridgehead atoms. The van der Waals surface area contributed by atoms with Crippen LogP contribution in [0, 0.1) is 5.82 Å². The normalized spacial score (nSPS) is 14.9. The van der Waals surface area contributed by atoms with Crippen molar-refractivity contribution >= 4 is 11.7 Å². The molecule has 2 N–H and O–H groups in total. The molecule has 0 atom stereocenters. The average Bonchev–Trinajstić information content (AvgIpc) is 2.26. The predicted molar refractivity (Wildman–Crippen MR) is 62.7 cm³/mol. The van der Waals surface area contributed by atoms with Gasteiger partial charge in [0.25, 0.3) is 0 Å². The van der Waals surface area contributed by atoms with E-state index in [2.05, 4.69) is 10.6 Å². The van der Waals surface area contributed by atoms with Gasteiger partial charge in [0, 0.05) is 17.8 Å². The van der Waals surface area contributed by atoms with Gasteiger partial charge in [-0.05, 0) is 31.4 Å². The molecule has 4 nitrogen and oxygen atoms in total. The average molecular weight is 238 g/mol. The van der Waals surface area contributed by atoms with Gasteiger partial charge < -0.3 is 15.4 Å². The van der Waals surface area contributed by atoms with Crippen LogP contribution in [0.5, 0.6) is 5.75 Å². The Morgan fingerprint density at radius 2 is 2.24 bits per heavy atom. The topological polar surface area (TPSA) is 50.4 Å². The molecule has 0 aliphatic heterocycles. The molecule has 1 aliphatic carbocycles. The quantitative estimate of drug-likeness (QED) is 0.850. The van der Waals surface area contributed by atoms with Gasteiger partial charge in [0.05, 0.1) is 7.11 Å². The molecule has 5 heteroatoms. The predicted octanol–water partition coefficient (Wildman–Crippen LogP) is 2.51. The fourth-order valence-corrected chi connectivity index (χ4v) is 1.64. The van der Waals surface area contributed by atoms with Gasteiger partial charge in [-0.25, -0.2) is 9.18 Å². The molecular formula is C12H15FN2O2. The summed E-state index contributed by atoms with van der Waals surface area (Å²) in [5.74, 6) is -0.330. The summed E-state index contributed by atoms with van der Waals surface area (Å²) in [6.45, 7) is 0. The Balaban J connectivity index is 1.95. The first-order valence-electron chi connectivity index (χ1n) is 5.60. The molecule has 0 heterocycles. The van der Waals surface area contributed by atoms with Gasteiger partial charge in [0.1, 0.15) is 0 Å². The highest BCUT2D eigenvalue weighted by Gasteiger charge is 2.19. The molecule has 1 aromatic rings. The van der Waals surface area contributed by atoms with Crippen molar-refractivity contribution in [2.45, 2.75) is 25.3 Å². The Morgan fingerprint density at radius 3 is 2.82 bits per heavy atom. The summed E-state index contributed by atoms with van der Waals surface area (Å²) < 4.78 is 18.0. The Labute approximate surface area is 99.2 Å². The van der Waals surface area contributed by atoms with Crippen molar-refractivity contribution in [3.8, 4) is 5.75 Å². The molecule has 0 spiro atoms. The third-order valence-corrected chi connectivity index (χ3v) is 2.85. The molecule has 1 aromatic carbocycles. The second-order valence-electron chi connectivity index (χ2n) is 4.08. The Kier molecular flexibility index (Phi) is 3.46. The second-order valence-corrected chi connectivity index (χ2v) is 4.08. The number of anilines is 1. The Hall–Kier alpha value is -1.78. The standard InChI is InChI=1S/C12H15FN2O2/c1-17-11-7-9(5-6-10(11)13)15-12(16)14-8-3-2-4-8/h5-8H,2-4H2,1H3,(H2,14,15,16). The number of amides is 2. The zero-order valence-corrected chi connectivity index (χ0v) is 9.63. The van der Waals surface area contributed by atoms with E-state index < -0.39 is 5.82 Å². The highest BCUT2D eigenvalue weighted by molar-refractivity contribution is 5.89. The maximum Gasteiger partial charge on any atom is 0.319 e. The van der Waals surface area contributed by atoms with Crippen LogP contribution in [0.25, 0.3) is 0 Å². The molecule has 1 fully saturated rings. The summed E-state index contributed by atoms with van der Waals surface area (Å²) >= 11 is 0. The lowest BCUT2D eigenvalue weighted by Crippen LogP contribution is -2.41. The van der Waals surface area contributed by atoms with Crippen LogP contribution >= 0.6 is 0 Å². The number of nitrogens with one attached hydrogen (secondary N) is 2. The van der Waals surface area contributed by atoms with Crippen LogP contribution < -0.4 is 15.4 Å². The van der Waals surface area contributed by atoms with E-state index in [1.807, 2.05) is 0 Å². The monoisotopic (exact) mass is 238 g/mol. The minimum Gasteiger partial charge on any atom is -0.494 e. The van der Waals surface area contributed by atoms with Gasteiger partial charge >= 0.3 is 6.03 Å². The number of ether oxygens (including phenoxy) is 1. The minimum atomic E-state index is -0.447. The Morgan fingerprint density at radius 1 is 1.47 bits per heavy atom. The SMILES string of the molecule is COc1cc(NC(=O)NC2CCC2)ccc1F. The lowest BCUT2D eigenvalue weighted by Gasteiger charge is -2.26. The molecule has 2 amide bonds. The van der Waals surface area contributed by atoms with E-state index in [0.717, 1.165) is 19.3 Å². The molecule has 92 valence electrons. The van der Waals surface area contributed by atoms with Crippen LogP contribution in [0.3, 0.4) is 0 Å². The van der Waals surface area contributed by atoms with E-state index in [9.17, 15) is 9.18 Å². The van der Waals surface area contributed by atoms with Crippen molar-refractivity contribution in [1.82, 2.24) is 5.32 Å². The summed E-state index contributed by atoms with van der Waals surface area (Å²) in [7, 11) is 1.39. The number of hydrogen-bond donors (Lipinski definition) is 2. The summed E-state index contributed by atoms with van der Waals surface area (Å²) in [5, 5.41) is 5.48. The van der Waals surface area contributed by atoms with Gasteiger partial charge in [-0.1, -0.05) is 0 Å². The van der Waals surface area contributed by atoms with Crippen LogP contribution in [0.15, 0.2) is 18.2 Å². The van der Waals surface area contributed by atoms with E-state index >= 15 is 0 Å². The Bertz CT molecular complexity index is 419. The van der Waals surface area contributed by atoms with E-state index in [1.165, 1.54) is 25.3 Å². The van der Waals surface area contributed by atoms with Crippen molar-refractivity contribution in [2.75, 3.05) is 12.4 Å². The van der Waals surface area contributed by atoms with Gasteiger partial charge in [0.15, 0.2) is 11.6 Å². The van der Waals surface area contributed by atoms with Crippen LogP contribution in [0.2, 0.25) is 0 Å². The number of methoxy groups -OCH3 is 1. The highest BCUT2D eigenvalue weighted by Crippen LogP contribution is 2.22. The highest BCUT2D eigenvalue weighted by atomic mass is 19.1. The number of rotatable bonds is 3. The maximum absolute atomic E-state index is 13.1. The summed E-state index contributed by atoms with van der Waals surface area (Å²) in [6, 6.07) is 4.23. The molecular weight excluding hydrogens is 223 g/mol. The molecule has 1 saturated carbocycles. The third kappa shape index (κ3) is 2.87. The number of halogens is 1. The second kappa shape index (κ2) is 5.03. The zero-order valence-electron chi connectivity index (χ0n) is 9.63. The summed E-state index contributed by atoms with van der Waals surface area (Å²) in [6.07, 6.45) is 3.22. The van der Waals surface area contributed by atoms with Gasteiger partial charge in [0.2, 0.25) is 0 Å². The number of carbonyl (C=O) groups is 1. The molecule has 1 aliphatic rings. The van der Waals surface area contributed by atoms with Crippen LogP contribution in [0.1, 0.15) is 19.3 Å². The molecule has 0 unspecified atom stereocenters. The molecule has 0 radical (unpaired) electrons. The van der Waals surface area contributed by atoms with Gasteiger partial charge in [-0.2, -0.15) is 0 Å². The van der Waals surface area contributed by atoms with Crippen molar-refractivity contribution in [1.29, 1.82) is 0 Å². The minimum absolute atomic E-state index is 0.117. The van der Waals surface area contributed by atoms with Crippen molar-refractivity contribution in [3.63, 3.8) is 0 Å².